The molecule has 5 heteroatoms. The normalized spacial score (nSPS) is 27.5. The molecule has 0 aliphatic carbocycles. The van der Waals surface area contributed by atoms with Gasteiger partial charge in [-0.05, 0) is 44.5 Å². The van der Waals surface area contributed by atoms with Crippen LogP contribution >= 0.6 is 0 Å². The van der Waals surface area contributed by atoms with Crippen molar-refractivity contribution in [1.29, 1.82) is 0 Å². The third-order valence-corrected chi connectivity index (χ3v) is 4.63. The topological polar surface area (TPSA) is 63.4 Å². The highest BCUT2D eigenvalue weighted by Gasteiger charge is 2.36. The van der Waals surface area contributed by atoms with Gasteiger partial charge < -0.3 is 15.8 Å². The Morgan fingerprint density at radius 1 is 1.57 bits per heavy atom. The Morgan fingerprint density at radius 3 is 3.24 bits per heavy atom. The minimum absolute atomic E-state index is 0.115. The van der Waals surface area contributed by atoms with Crippen LogP contribution in [0.1, 0.15) is 36.9 Å². The zero-order chi connectivity index (χ0) is 14.8. The molecule has 0 aromatic carbocycles. The standard InChI is InChI=1S/C16H26N4O/c1-3-18-15(13-7-11(2)8-19-16(13)17)14-9-20-6-4-5-12(20)10-21-14/h7-8,12,14-15,18H,3-6,9-10H2,1-2H3,(H2,17,19). The number of likely N-dealkylation sites (N-methyl/N-ethyl adjacent to an activating group) is 1. The lowest BCUT2D eigenvalue weighted by molar-refractivity contribution is -0.0650. The fraction of sp³-hybridized carbons (Fsp3) is 0.688. The van der Waals surface area contributed by atoms with Crippen LogP contribution in [0.5, 0.6) is 0 Å². The van der Waals surface area contributed by atoms with E-state index in [-0.39, 0.29) is 12.1 Å². The molecule has 3 heterocycles. The van der Waals surface area contributed by atoms with Crippen molar-refractivity contribution < 1.29 is 4.74 Å². The van der Waals surface area contributed by atoms with Gasteiger partial charge in [0.2, 0.25) is 0 Å². The second kappa shape index (κ2) is 6.30. The van der Waals surface area contributed by atoms with E-state index < -0.39 is 0 Å². The van der Waals surface area contributed by atoms with Crippen molar-refractivity contribution in [2.24, 2.45) is 0 Å². The Balaban J connectivity index is 1.82. The lowest BCUT2D eigenvalue weighted by atomic mass is 9.98. The molecule has 2 saturated heterocycles. The first-order chi connectivity index (χ1) is 10.2. The van der Waals surface area contributed by atoms with Crippen molar-refractivity contribution in [2.75, 3.05) is 32.0 Å². The van der Waals surface area contributed by atoms with Gasteiger partial charge in [0.15, 0.2) is 0 Å². The number of fused-ring (bicyclic) bond motifs is 1. The Bertz CT molecular complexity index is 493. The molecule has 0 amide bonds. The molecule has 1 aromatic rings. The van der Waals surface area contributed by atoms with E-state index in [0.29, 0.717) is 11.9 Å². The first kappa shape index (κ1) is 14.8. The maximum Gasteiger partial charge on any atom is 0.128 e. The number of pyridine rings is 1. The highest BCUT2D eigenvalue weighted by atomic mass is 16.5. The van der Waals surface area contributed by atoms with Crippen molar-refractivity contribution in [3.8, 4) is 0 Å². The van der Waals surface area contributed by atoms with E-state index >= 15 is 0 Å². The fourth-order valence-corrected chi connectivity index (χ4v) is 3.56. The second-order valence-electron chi connectivity index (χ2n) is 6.19. The molecular formula is C16H26N4O. The zero-order valence-corrected chi connectivity index (χ0v) is 13.0. The van der Waals surface area contributed by atoms with E-state index in [0.717, 1.165) is 30.8 Å². The van der Waals surface area contributed by atoms with E-state index in [4.69, 9.17) is 10.5 Å². The van der Waals surface area contributed by atoms with E-state index in [1.807, 2.05) is 6.20 Å². The highest BCUT2D eigenvalue weighted by Crippen LogP contribution is 2.30. The van der Waals surface area contributed by atoms with Gasteiger partial charge in [0, 0.05) is 24.3 Å². The van der Waals surface area contributed by atoms with Crippen LogP contribution in [-0.2, 0) is 4.74 Å². The summed E-state index contributed by atoms with van der Waals surface area (Å²) in [6.45, 7) is 8.08. The van der Waals surface area contributed by atoms with Crippen molar-refractivity contribution in [3.05, 3.63) is 23.4 Å². The molecule has 0 radical (unpaired) electrons. The molecule has 2 aliphatic heterocycles. The maximum atomic E-state index is 6.17. The van der Waals surface area contributed by atoms with Gasteiger partial charge in [-0.25, -0.2) is 4.98 Å². The number of rotatable bonds is 4. The summed E-state index contributed by atoms with van der Waals surface area (Å²) >= 11 is 0. The van der Waals surface area contributed by atoms with Gasteiger partial charge >= 0.3 is 0 Å². The largest absolute Gasteiger partial charge is 0.383 e. The van der Waals surface area contributed by atoms with E-state index in [2.05, 4.69) is 35.1 Å². The summed E-state index contributed by atoms with van der Waals surface area (Å²) in [5, 5.41) is 3.54. The van der Waals surface area contributed by atoms with Gasteiger partial charge in [-0.3, -0.25) is 4.90 Å². The van der Waals surface area contributed by atoms with Crippen LogP contribution in [0, 0.1) is 6.92 Å². The van der Waals surface area contributed by atoms with Crippen LogP contribution < -0.4 is 11.1 Å². The monoisotopic (exact) mass is 290 g/mol. The third-order valence-electron chi connectivity index (χ3n) is 4.63. The quantitative estimate of drug-likeness (QED) is 0.879. The second-order valence-corrected chi connectivity index (χ2v) is 6.19. The summed E-state index contributed by atoms with van der Waals surface area (Å²) in [5.74, 6) is 0.610. The van der Waals surface area contributed by atoms with Crippen molar-refractivity contribution in [1.82, 2.24) is 15.2 Å². The number of nitrogens with one attached hydrogen (secondary N) is 1. The van der Waals surface area contributed by atoms with Crippen LogP contribution in [0.15, 0.2) is 12.3 Å². The molecule has 3 unspecified atom stereocenters. The number of anilines is 1. The first-order valence-corrected chi connectivity index (χ1v) is 8.00. The Labute approximate surface area is 126 Å². The average molecular weight is 290 g/mol. The Morgan fingerprint density at radius 2 is 2.43 bits per heavy atom. The lowest BCUT2D eigenvalue weighted by Crippen LogP contribution is -2.50. The van der Waals surface area contributed by atoms with Gasteiger partial charge in [0.1, 0.15) is 5.82 Å². The summed E-state index contributed by atoms with van der Waals surface area (Å²) in [5.41, 5.74) is 8.32. The third kappa shape index (κ3) is 3.05. The first-order valence-electron chi connectivity index (χ1n) is 8.00. The van der Waals surface area contributed by atoms with Gasteiger partial charge in [-0.1, -0.05) is 6.92 Å². The average Bonchev–Trinajstić information content (AvgIpc) is 2.95. The molecule has 0 saturated carbocycles. The summed E-state index contributed by atoms with van der Waals surface area (Å²) in [7, 11) is 0. The number of ether oxygens (including phenoxy) is 1. The number of nitrogens with zero attached hydrogens (tertiary/aromatic N) is 2. The predicted octanol–water partition coefficient (Wildman–Crippen LogP) is 1.49. The zero-order valence-electron chi connectivity index (χ0n) is 13.0. The number of morpholine rings is 1. The minimum Gasteiger partial charge on any atom is -0.383 e. The van der Waals surface area contributed by atoms with Gasteiger partial charge in [0.25, 0.3) is 0 Å². The van der Waals surface area contributed by atoms with Crippen molar-refractivity contribution >= 4 is 5.82 Å². The van der Waals surface area contributed by atoms with Crippen LogP contribution in [-0.4, -0.2) is 48.3 Å². The Kier molecular flexibility index (Phi) is 4.42. The van der Waals surface area contributed by atoms with Gasteiger partial charge in [-0.15, -0.1) is 0 Å². The summed E-state index contributed by atoms with van der Waals surface area (Å²) in [6.07, 6.45) is 4.53. The van der Waals surface area contributed by atoms with Crippen LogP contribution in [0.2, 0.25) is 0 Å². The van der Waals surface area contributed by atoms with Crippen LogP contribution in [0.3, 0.4) is 0 Å². The molecule has 2 aliphatic rings. The highest BCUT2D eigenvalue weighted by molar-refractivity contribution is 5.43. The molecule has 5 nitrogen and oxygen atoms in total. The van der Waals surface area contributed by atoms with E-state index in [9.17, 15) is 0 Å². The lowest BCUT2D eigenvalue weighted by Gasteiger charge is -2.39. The molecule has 0 bridgehead atoms. The number of nitrogens with two attached hydrogens (primary N) is 1. The smallest absolute Gasteiger partial charge is 0.128 e. The molecule has 21 heavy (non-hydrogen) atoms. The van der Waals surface area contributed by atoms with E-state index in [1.165, 1.54) is 19.4 Å². The van der Waals surface area contributed by atoms with Gasteiger partial charge in [0.05, 0.1) is 18.8 Å². The maximum absolute atomic E-state index is 6.17. The Hall–Kier alpha value is -1.17. The number of hydrogen-bond acceptors (Lipinski definition) is 5. The van der Waals surface area contributed by atoms with Crippen molar-refractivity contribution in [2.45, 2.75) is 44.9 Å². The molecule has 3 N–H and O–H groups in total. The SMILES string of the molecule is CCNC(c1cc(C)cnc1N)C1CN2CCCC2CO1. The summed E-state index contributed by atoms with van der Waals surface area (Å²) in [6, 6.07) is 2.87. The fourth-order valence-electron chi connectivity index (χ4n) is 3.56. The minimum atomic E-state index is 0.115. The van der Waals surface area contributed by atoms with E-state index in [1.54, 1.807) is 0 Å². The molecular weight excluding hydrogens is 264 g/mol. The van der Waals surface area contributed by atoms with Crippen LogP contribution in [0.4, 0.5) is 5.82 Å². The molecule has 2 fully saturated rings. The van der Waals surface area contributed by atoms with Crippen molar-refractivity contribution in [3.63, 3.8) is 0 Å². The number of hydrogen-bond donors (Lipinski definition) is 2. The molecule has 0 spiro atoms. The number of aromatic nitrogens is 1. The molecule has 3 atom stereocenters. The molecule has 1 aromatic heterocycles. The predicted molar refractivity (Wildman–Crippen MR) is 84.1 cm³/mol. The van der Waals surface area contributed by atoms with Gasteiger partial charge in [-0.2, -0.15) is 0 Å². The van der Waals surface area contributed by atoms with Crippen LogP contribution in [0.25, 0.3) is 0 Å². The number of aryl methyl sites for hydroxylation is 1. The number of nitrogen functional groups attached to an aromatic ring is 1. The molecule has 116 valence electrons. The summed E-state index contributed by atoms with van der Waals surface area (Å²) in [4.78, 5) is 6.88. The summed E-state index contributed by atoms with van der Waals surface area (Å²) < 4.78 is 6.17. The molecule has 3 rings (SSSR count).